The minimum atomic E-state index is -0.422. The zero-order valence-electron chi connectivity index (χ0n) is 8.88. The van der Waals surface area contributed by atoms with Crippen LogP contribution in [0, 0.1) is 0 Å². The molecule has 2 heterocycles. The molecule has 0 unspecified atom stereocenters. The molecule has 0 radical (unpaired) electrons. The van der Waals surface area contributed by atoms with Gasteiger partial charge in [-0.15, -0.1) is 0 Å². The summed E-state index contributed by atoms with van der Waals surface area (Å²) < 4.78 is 5.24. The van der Waals surface area contributed by atoms with E-state index in [-0.39, 0.29) is 5.97 Å². The van der Waals surface area contributed by atoms with Gasteiger partial charge in [-0.25, -0.2) is 4.79 Å². The van der Waals surface area contributed by atoms with Gasteiger partial charge in [0.1, 0.15) is 5.60 Å². The van der Waals surface area contributed by atoms with E-state index in [2.05, 4.69) is 4.90 Å². The maximum atomic E-state index is 11.2. The second-order valence-corrected chi connectivity index (χ2v) is 4.51. The van der Waals surface area contributed by atoms with Gasteiger partial charge in [-0.3, -0.25) is 0 Å². The molecule has 0 aliphatic carbocycles. The van der Waals surface area contributed by atoms with Gasteiger partial charge >= 0.3 is 5.97 Å². The molecule has 3 nitrogen and oxygen atoms in total. The van der Waals surface area contributed by atoms with Crippen molar-refractivity contribution in [3.63, 3.8) is 0 Å². The van der Waals surface area contributed by atoms with Gasteiger partial charge in [-0.2, -0.15) is 0 Å². The summed E-state index contributed by atoms with van der Waals surface area (Å²) in [5.41, 5.74) is 0.635. The maximum Gasteiger partial charge on any atom is 0.333 e. The zero-order chi connectivity index (χ0) is 10.2. The topological polar surface area (TPSA) is 29.5 Å². The van der Waals surface area contributed by atoms with E-state index in [1.165, 1.54) is 19.3 Å². The van der Waals surface area contributed by atoms with Gasteiger partial charge in [0, 0.05) is 19.2 Å². The van der Waals surface area contributed by atoms with E-state index < -0.39 is 5.60 Å². The van der Waals surface area contributed by atoms with Crippen LogP contribution >= 0.6 is 0 Å². The SMILES string of the molecule is CC1(C)OC(=O)C=C1N1CCCCC1. The number of piperidine rings is 1. The molecule has 0 spiro atoms. The fraction of sp³-hybridized carbons (Fsp3) is 0.727. The number of hydrogen-bond donors (Lipinski definition) is 0. The minimum Gasteiger partial charge on any atom is -0.450 e. The molecule has 1 saturated heterocycles. The Morgan fingerprint density at radius 3 is 2.43 bits per heavy atom. The number of likely N-dealkylation sites (tertiary alicyclic amines) is 1. The smallest absolute Gasteiger partial charge is 0.333 e. The number of nitrogens with zero attached hydrogens (tertiary/aromatic N) is 1. The summed E-state index contributed by atoms with van der Waals surface area (Å²) in [5, 5.41) is 0. The highest BCUT2D eigenvalue weighted by atomic mass is 16.6. The van der Waals surface area contributed by atoms with Gasteiger partial charge in [-0.05, 0) is 33.1 Å². The standard InChI is InChI=1S/C11H17NO2/c1-11(2)9(8-10(13)14-11)12-6-4-3-5-7-12/h8H,3-7H2,1-2H3. The normalized spacial score (nSPS) is 26.0. The van der Waals surface area contributed by atoms with E-state index in [1.54, 1.807) is 6.08 Å². The van der Waals surface area contributed by atoms with Gasteiger partial charge in [0.15, 0.2) is 0 Å². The molecule has 0 aromatic heterocycles. The summed E-state index contributed by atoms with van der Waals surface area (Å²) >= 11 is 0. The van der Waals surface area contributed by atoms with Crippen molar-refractivity contribution in [1.29, 1.82) is 0 Å². The van der Waals surface area contributed by atoms with Crippen LogP contribution < -0.4 is 0 Å². The third-order valence-electron chi connectivity index (χ3n) is 2.92. The van der Waals surface area contributed by atoms with Gasteiger partial charge < -0.3 is 9.64 Å². The fourth-order valence-electron chi connectivity index (χ4n) is 2.23. The summed E-state index contributed by atoms with van der Waals surface area (Å²) in [5.74, 6) is -0.199. The molecule has 0 atom stereocenters. The molecule has 78 valence electrons. The summed E-state index contributed by atoms with van der Waals surface area (Å²) in [6, 6.07) is 0. The Morgan fingerprint density at radius 2 is 1.93 bits per heavy atom. The molecule has 2 rings (SSSR count). The Bertz CT molecular complexity index is 275. The third-order valence-corrected chi connectivity index (χ3v) is 2.92. The van der Waals surface area contributed by atoms with Crippen LogP contribution in [0.3, 0.4) is 0 Å². The van der Waals surface area contributed by atoms with Crippen LogP contribution in [0.25, 0.3) is 0 Å². The lowest BCUT2D eigenvalue weighted by Gasteiger charge is -2.35. The Morgan fingerprint density at radius 1 is 1.29 bits per heavy atom. The molecular formula is C11H17NO2. The number of rotatable bonds is 1. The minimum absolute atomic E-state index is 0.199. The van der Waals surface area contributed by atoms with Crippen LogP contribution in [0.2, 0.25) is 0 Å². The molecule has 3 heteroatoms. The van der Waals surface area contributed by atoms with Gasteiger partial charge in [0.05, 0.1) is 5.70 Å². The van der Waals surface area contributed by atoms with Crippen molar-refractivity contribution in [3.8, 4) is 0 Å². The van der Waals surface area contributed by atoms with Crippen LogP contribution in [0.5, 0.6) is 0 Å². The molecule has 2 aliphatic rings. The van der Waals surface area contributed by atoms with E-state index in [1.807, 2.05) is 13.8 Å². The number of carbonyl (C=O) groups is 1. The number of carbonyl (C=O) groups excluding carboxylic acids is 1. The van der Waals surface area contributed by atoms with Gasteiger partial charge in [0.25, 0.3) is 0 Å². The van der Waals surface area contributed by atoms with Crippen molar-refractivity contribution in [2.45, 2.75) is 38.7 Å². The summed E-state index contributed by atoms with van der Waals surface area (Å²) in [6.07, 6.45) is 5.40. The Balaban J connectivity index is 2.15. The first kappa shape index (κ1) is 9.56. The predicted octanol–water partition coefficient (Wildman–Crippen LogP) is 1.69. The first-order valence-corrected chi connectivity index (χ1v) is 5.30. The highest BCUT2D eigenvalue weighted by Crippen LogP contribution is 2.31. The summed E-state index contributed by atoms with van der Waals surface area (Å²) in [4.78, 5) is 13.5. The molecule has 14 heavy (non-hydrogen) atoms. The molecule has 1 fully saturated rings. The second kappa shape index (κ2) is 3.30. The van der Waals surface area contributed by atoms with Crippen molar-refractivity contribution < 1.29 is 9.53 Å². The zero-order valence-corrected chi connectivity index (χ0v) is 8.88. The number of ether oxygens (including phenoxy) is 1. The number of esters is 1. The maximum absolute atomic E-state index is 11.2. The van der Waals surface area contributed by atoms with Crippen LogP contribution in [-0.4, -0.2) is 29.6 Å². The molecule has 2 aliphatic heterocycles. The van der Waals surface area contributed by atoms with Crippen LogP contribution in [0.15, 0.2) is 11.8 Å². The number of hydrogen-bond acceptors (Lipinski definition) is 3. The molecule has 0 aromatic carbocycles. The van der Waals surface area contributed by atoms with Gasteiger partial charge in [0.2, 0.25) is 0 Å². The average molecular weight is 195 g/mol. The van der Waals surface area contributed by atoms with E-state index in [4.69, 9.17) is 4.74 Å². The highest BCUT2D eigenvalue weighted by molar-refractivity contribution is 5.86. The monoisotopic (exact) mass is 195 g/mol. The molecule has 0 aromatic rings. The lowest BCUT2D eigenvalue weighted by molar-refractivity contribution is -0.144. The second-order valence-electron chi connectivity index (χ2n) is 4.51. The fourth-order valence-corrected chi connectivity index (χ4v) is 2.23. The van der Waals surface area contributed by atoms with E-state index >= 15 is 0 Å². The van der Waals surface area contributed by atoms with Crippen molar-refractivity contribution in [2.24, 2.45) is 0 Å². The van der Waals surface area contributed by atoms with E-state index in [0.717, 1.165) is 18.8 Å². The van der Waals surface area contributed by atoms with E-state index in [0.29, 0.717) is 0 Å². The first-order chi connectivity index (χ1) is 6.59. The molecule has 0 N–H and O–H groups in total. The Labute approximate surface area is 84.7 Å². The molecule has 0 saturated carbocycles. The summed E-state index contributed by atoms with van der Waals surface area (Å²) in [7, 11) is 0. The van der Waals surface area contributed by atoms with E-state index in [9.17, 15) is 4.79 Å². The van der Waals surface area contributed by atoms with Gasteiger partial charge in [-0.1, -0.05) is 0 Å². The largest absolute Gasteiger partial charge is 0.450 e. The Kier molecular flexibility index (Phi) is 2.25. The lowest BCUT2D eigenvalue weighted by atomic mass is 10.0. The number of cyclic esters (lactones) is 1. The molecular weight excluding hydrogens is 178 g/mol. The van der Waals surface area contributed by atoms with Crippen LogP contribution in [0.4, 0.5) is 0 Å². The molecule has 0 amide bonds. The average Bonchev–Trinajstić information content (AvgIpc) is 2.41. The molecule has 0 bridgehead atoms. The summed E-state index contributed by atoms with van der Waals surface area (Å²) in [6.45, 7) is 6.04. The van der Waals surface area contributed by atoms with Crippen molar-refractivity contribution >= 4 is 5.97 Å². The first-order valence-electron chi connectivity index (χ1n) is 5.30. The van der Waals surface area contributed by atoms with Crippen LogP contribution in [0.1, 0.15) is 33.1 Å². The quantitative estimate of drug-likeness (QED) is 0.596. The van der Waals surface area contributed by atoms with Crippen molar-refractivity contribution in [1.82, 2.24) is 4.90 Å². The van der Waals surface area contributed by atoms with Crippen molar-refractivity contribution in [3.05, 3.63) is 11.8 Å². The highest BCUT2D eigenvalue weighted by Gasteiger charge is 2.37. The Hall–Kier alpha value is -0.990. The predicted molar refractivity (Wildman–Crippen MR) is 53.7 cm³/mol. The van der Waals surface area contributed by atoms with Crippen molar-refractivity contribution in [2.75, 3.05) is 13.1 Å². The van der Waals surface area contributed by atoms with Crippen LogP contribution in [-0.2, 0) is 9.53 Å². The third kappa shape index (κ3) is 1.63. The lowest BCUT2D eigenvalue weighted by Crippen LogP contribution is -2.38.